The fraction of sp³-hybridized carbons (Fsp3) is 0.300. The summed E-state index contributed by atoms with van der Waals surface area (Å²) in [6.45, 7) is 3.67. The Labute approximate surface area is 76.7 Å². The molecule has 0 saturated carbocycles. The molecule has 0 fully saturated rings. The third-order valence-corrected chi connectivity index (χ3v) is 1.71. The molecule has 0 aromatic carbocycles. The molecule has 3 nitrogen and oxygen atoms in total. The number of furan rings is 1. The van der Waals surface area contributed by atoms with Gasteiger partial charge in [-0.25, -0.2) is 4.79 Å². The second kappa shape index (κ2) is 3.94. The summed E-state index contributed by atoms with van der Waals surface area (Å²) in [4.78, 5) is 10.8. The second-order valence-electron chi connectivity index (χ2n) is 3.07. The maximum Gasteiger partial charge on any atom is 0.331 e. The van der Waals surface area contributed by atoms with Crippen molar-refractivity contribution in [3.63, 3.8) is 0 Å². The molecular formula is C10H12O3. The average molecular weight is 180 g/mol. The van der Waals surface area contributed by atoms with Crippen LogP contribution in [0.25, 0.3) is 6.08 Å². The van der Waals surface area contributed by atoms with Crippen LogP contribution in [0, 0.1) is 5.92 Å². The molecule has 3 heteroatoms. The first-order valence-electron chi connectivity index (χ1n) is 4.09. The van der Waals surface area contributed by atoms with E-state index in [1.54, 1.807) is 18.2 Å². The van der Waals surface area contributed by atoms with Crippen molar-refractivity contribution in [1.82, 2.24) is 0 Å². The smallest absolute Gasteiger partial charge is 0.331 e. The van der Waals surface area contributed by atoms with Crippen LogP contribution in [0.4, 0.5) is 0 Å². The molecule has 0 bridgehead atoms. The summed E-state index contributed by atoms with van der Waals surface area (Å²) in [6.07, 6.45) is 3.07. The maximum atomic E-state index is 10.8. The van der Waals surface area contributed by atoms with Gasteiger partial charge in [0.25, 0.3) is 0 Å². The van der Waals surface area contributed by atoms with Crippen molar-refractivity contribution in [3.05, 3.63) is 29.7 Å². The first-order chi connectivity index (χ1) is 6.11. The molecule has 0 saturated heterocycles. The maximum absolute atomic E-state index is 10.8. The molecule has 1 aromatic rings. The lowest BCUT2D eigenvalue weighted by Gasteiger charge is -2.04. The Hall–Kier alpha value is -1.51. The minimum absolute atomic E-state index is 0.0115. The van der Waals surface area contributed by atoms with E-state index in [0.717, 1.165) is 0 Å². The Bertz CT molecular complexity index is 307. The first-order valence-corrected chi connectivity index (χ1v) is 4.09. The van der Waals surface area contributed by atoms with Gasteiger partial charge in [0.05, 0.1) is 6.26 Å². The highest BCUT2D eigenvalue weighted by molar-refractivity contribution is 5.92. The number of carboxylic acid groups (broad SMARTS) is 1. The third-order valence-electron chi connectivity index (χ3n) is 1.71. The van der Waals surface area contributed by atoms with Crippen molar-refractivity contribution < 1.29 is 14.3 Å². The minimum Gasteiger partial charge on any atom is -0.478 e. The Morgan fingerprint density at radius 1 is 1.62 bits per heavy atom. The van der Waals surface area contributed by atoms with Gasteiger partial charge in [0.1, 0.15) is 5.76 Å². The standard InChI is InChI=1S/C10H12O3/c1-7(2)9(10(11)12)6-8-4-3-5-13-8/h3-7H,1-2H3,(H,11,12). The van der Waals surface area contributed by atoms with Crippen molar-refractivity contribution in [2.75, 3.05) is 0 Å². The SMILES string of the molecule is CC(C)C(=Cc1ccco1)C(=O)O. The van der Waals surface area contributed by atoms with Gasteiger partial charge in [-0.3, -0.25) is 0 Å². The molecule has 1 aromatic heterocycles. The fourth-order valence-electron chi connectivity index (χ4n) is 1.00. The molecule has 0 aliphatic carbocycles. The van der Waals surface area contributed by atoms with Gasteiger partial charge in [-0.1, -0.05) is 13.8 Å². The highest BCUT2D eigenvalue weighted by Gasteiger charge is 2.11. The summed E-state index contributed by atoms with van der Waals surface area (Å²) in [5.74, 6) is -0.333. The van der Waals surface area contributed by atoms with Gasteiger partial charge in [0.15, 0.2) is 0 Å². The van der Waals surface area contributed by atoms with Crippen molar-refractivity contribution in [1.29, 1.82) is 0 Å². The van der Waals surface area contributed by atoms with Crippen molar-refractivity contribution in [3.8, 4) is 0 Å². The molecule has 0 amide bonds. The minimum atomic E-state index is -0.897. The number of aliphatic carboxylic acids is 1. The van der Waals surface area contributed by atoms with E-state index in [-0.39, 0.29) is 5.92 Å². The fourth-order valence-corrected chi connectivity index (χ4v) is 1.00. The Kier molecular flexibility index (Phi) is 2.90. The summed E-state index contributed by atoms with van der Waals surface area (Å²) in [6, 6.07) is 3.46. The monoisotopic (exact) mass is 180 g/mol. The Morgan fingerprint density at radius 3 is 2.69 bits per heavy atom. The quantitative estimate of drug-likeness (QED) is 0.726. The zero-order valence-electron chi connectivity index (χ0n) is 7.65. The van der Waals surface area contributed by atoms with Crippen LogP contribution in [-0.2, 0) is 4.79 Å². The summed E-state index contributed by atoms with van der Waals surface area (Å²) >= 11 is 0. The summed E-state index contributed by atoms with van der Waals surface area (Å²) in [5.41, 5.74) is 0.356. The van der Waals surface area contributed by atoms with E-state index in [1.807, 2.05) is 13.8 Å². The molecule has 0 atom stereocenters. The van der Waals surface area contributed by atoms with Crippen molar-refractivity contribution >= 4 is 12.0 Å². The van der Waals surface area contributed by atoms with Crippen LogP contribution < -0.4 is 0 Å². The highest BCUT2D eigenvalue weighted by atomic mass is 16.4. The molecule has 0 spiro atoms. The topological polar surface area (TPSA) is 50.4 Å². The summed E-state index contributed by atoms with van der Waals surface area (Å²) in [5, 5.41) is 8.83. The van der Waals surface area contributed by atoms with E-state index >= 15 is 0 Å². The van der Waals surface area contributed by atoms with Crippen LogP contribution >= 0.6 is 0 Å². The van der Waals surface area contributed by atoms with Gasteiger partial charge in [0, 0.05) is 5.57 Å². The van der Waals surface area contributed by atoms with Crippen molar-refractivity contribution in [2.24, 2.45) is 5.92 Å². The van der Waals surface area contributed by atoms with Gasteiger partial charge in [-0.2, -0.15) is 0 Å². The van der Waals surface area contributed by atoms with Crippen LogP contribution in [0.5, 0.6) is 0 Å². The second-order valence-corrected chi connectivity index (χ2v) is 3.07. The molecule has 0 unspecified atom stereocenters. The zero-order chi connectivity index (χ0) is 9.84. The molecule has 1 rings (SSSR count). The summed E-state index contributed by atoms with van der Waals surface area (Å²) in [7, 11) is 0. The Morgan fingerprint density at radius 2 is 2.31 bits per heavy atom. The van der Waals surface area contributed by atoms with E-state index in [1.165, 1.54) is 6.26 Å². The van der Waals surface area contributed by atoms with E-state index in [4.69, 9.17) is 9.52 Å². The molecule has 0 radical (unpaired) electrons. The van der Waals surface area contributed by atoms with Crippen LogP contribution in [0.3, 0.4) is 0 Å². The molecule has 70 valence electrons. The summed E-state index contributed by atoms with van der Waals surface area (Å²) < 4.78 is 5.02. The van der Waals surface area contributed by atoms with E-state index < -0.39 is 5.97 Å². The molecular weight excluding hydrogens is 168 g/mol. The van der Waals surface area contributed by atoms with Crippen LogP contribution in [0.1, 0.15) is 19.6 Å². The lowest BCUT2D eigenvalue weighted by molar-refractivity contribution is -0.133. The van der Waals surface area contributed by atoms with Gasteiger partial charge < -0.3 is 9.52 Å². The number of hydrogen-bond donors (Lipinski definition) is 1. The predicted molar refractivity (Wildman–Crippen MR) is 49.2 cm³/mol. The molecule has 13 heavy (non-hydrogen) atoms. The molecule has 1 N–H and O–H groups in total. The van der Waals surface area contributed by atoms with Crippen LogP contribution in [-0.4, -0.2) is 11.1 Å². The number of carboxylic acids is 1. The van der Waals surface area contributed by atoms with Crippen LogP contribution in [0.15, 0.2) is 28.4 Å². The van der Waals surface area contributed by atoms with Gasteiger partial charge in [-0.15, -0.1) is 0 Å². The lowest BCUT2D eigenvalue weighted by atomic mass is 10.0. The molecule has 0 aliphatic rings. The predicted octanol–water partition coefficient (Wildman–Crippen LogP) is 2.40. The molecule has 1 heterocycles. The number of hydrogen-bond acceptors (Lipinski definition) is 2. The number of carbonyl (C=O) groups is 1. The normalized spacial score (nSPS) is 12.1. The Balaban J connectivity index is 2.94. The largest absolute Gasteiger partial charge is 0.478 e. The molecule has 0 aliphatic heterocycles. The van der Waals surface area contributed by atoms with Crippen LogP contribution in [0.2, 0.25) is 0 Å². The first kappa shape index (κ1) is 9.58. The van der Waals surface area contributed by atoms with E-state index in [2.05, 4.69) is 0 Å². The highest BCUT2D eigenvalue weighted by Crippen LogP contribution is 2.14. The van der Waals surface area contributed by atoms with Gasteiger partial charge >= 0.3 is 5.97 Å². The number of rotatable bonds is 3. The van der Waals surface area contributed by atoms with Crippen molar-refractivity contribution in [2.45, 2.75) is 13.8 Å². The third kappa shape index (κ3) is 2.47. The van der Waals surface area contributed by atoms with Gasteiger partial charge in [-0.05, 0) is 24.1 Å². The lowest BCUT2D eigenvalue weighted by Crippen LogP contribution is -2.06. The average Bonchev–Trinajstić information content (AvgIpc) is 2.50. The van der Waals surface area contributed by atoms with E-state index in [0.29, 0.717) is 11.3 Å². The zero-order valence-corrected chi connectivity index (χ0v) is 7.65. The van der Waals surface area contributed by atoms with Gasteiger partial charge in [0.2, 0.25) is 0 Å². The van der Waals surface area contributed by atoms with E-state index in [9.17, 15) is 4.79 Å².